The van der Waals surface area contributed by atoms with Gasteiger partial charge in [-0.25, -0.2) is 8.78 Å². The maximum atomic E-state index is 14.5. The Morgan fingerprint density at radius 3 is 2.48 bits per heavy atom. The summed E-state index contributed by atoms with van der Waals surface area (Å²) in [7, 11) is 0. The highest BCUT2D eigenvalue weighted by atomic mass is 32.1. The zero-order valence-corrected chi connectivity index (χ0v) is 17.0. The normalized spacial score (nSPS) is 11.3. The fourth-order valence-corrected chi connectivity index (χ4v) is 4.43. The lowest BCUT2D eigenvalue weighted by molar-refractivity contribution is -0.0411. The molecule has 31 heavy (non-hydrogen) atoms. The number of aryl methyl sites for hydroxylation is 1. The number of nitrogens with one attached hydrogen (secondary N) is 1. The van der Waals surface area contributed by atoms with Crippen molar-refractivity contribution in [2.45, 2.75) is 13.2 Å². The number of rotatable bonds is 4. The van der Waals surface area contributed by atoms with Gasteiger partial charge in [-0.1, -0.05) is 42.5 Å². The first-order valence-corrected chi connectivity index (χ1v) is 10.1. The molecule has 158 valence electrons. The maximum Gasteiger partial charge on any atom is 0.260 e. The molecule has 0 unspecified atom stereocenters. The van der Waals surface area contributed by atoms with E-state index in [4.69, 9.17) is 0 Å². The van der Waals surface area contributed by atoms with Crippen molar-refractivity contribution in [3.05, 3.63) is 82.2 Å². The quantitative estimate of drug-likeness (QED) is 0.332. The molecular weight excluding hydrogens is 424 g/mol. The topological polar surface area (TPSA) is 89.8 Å². The lowest BCUT2D eigenvalue weighted by atomic mass is 10.0. The molecule has 3 aromatic carbocycles. The third-order valence-electron chi connectivity index (χ3n) is 5.01. The van der Waals surface area contributed by atoms with E-state index >= 15 is 0 Å². The van der Waals surface area contributed by atoms with Crippen molar-refractivity contribution in [3.8, 4) is 16.9 Å². The standard InChI is InChI=1S/C23H17F2NO4S/c1-11-6-8-14(20(25)19(11)24)15-10-31-22(18(15)23(29)30)26-21(28)17-13-5-3-2-4-12(13)7-9-16(17)27/h2-10,23,27,29-30H,1H3,(H,26,28). The van der Waals surface area contributed by atoms with E-state index < -0.39 is 23.8 Å². The van der Waals surface area contributed by atoms with Crippen LogP contribution in [-0.4, -0.2) is 21.2 Å². The second-order valence-electron chi connectivity index (χ2n) is 6.96. The van der Waals surface area contributed by atoms with Crippen molar-refractivity contribution in [3.63, 3.8) is 0 Å². The van der Waals surface area contributed by atoms with Crippen molar-refractivity contribution in [2.24, 2.45) is 0 Å². The minimum atomic E-state index is -2.05. The highest BCUT2D eigenvalue weighted by Gasteiger charge is 2.25. The monoisotopic (exact) mass is 441 g/mol. The molecule has 4 aromatic rings. The van der Waals surface area contributed by atoms with Crippen LogP contribution in [0.2, 0.25) is 0 Å². The number of fused-ring (bicyclic) bond motifs is 1. The van der Waals surface area contributed by atoms with Gasteiger partial charge in [0, 0.05) is 16.5 Å². The SMILES string of the molecule is Cc1ccc(-c2csc(NC(=O)c3c(O)ccc4ccccc34)c2C(O)O)c(F)c1F. The van der Waals surface area contributed by atoms with E-state index in [9.17, 15) is 28.9 Å². The number of aromatic hydroxyl groups is 1. The summed E-state index contributed by atoms with van der Waals surface area (Å²) in [4.78, 5) is 13.0. The second-order valence-corrected chi connectivity index (χ2v) is 7.84. The minimum Gasteiger partial charge on any atom is -0.507 e. The van der Waals surface area contributed by atoms with Crippen LogP contribution in [0.15, 0.2) is 53.9 Å². The Balaban J connectivity index is 1.79. The largest absolute Gasteiger partial charge is 0.507 e. The Kier molecular flexibility index (Phi) is 5.45. The highest BCUT2D eigenvalue weighted by molar-refractivity contribution is 7.15. The number of aliphatic hydroxyl groups excluding tert-OH is 1. The van der Waals surface area contributed by atoms with Crippen LogP contribution in [0.4, 0.5) is 13.8 Å². The van der Waals surface area contributed by atoms with Crippen molar-refractivity contribution in [1.82, 2.24) is 0 Å². The predicted molar refractivity (Wildman–Crippen MR) is 115 cm³/mol. The summed E-state index contributed by atoms with van der Waals surface area (Å²) in [5, 5.41) is 35.3. The van der Waals surface area contributed by atoms with Gasteiger partial charge in [0.2, 0.25) is 0 Å². The Morgan fingerprint density at radius 1 is 1.00 bits per heavy atom. The summed E-state index contributed by atoms with van der Waals surface area (Å²) < 4.78 is 28.5. The Hall–Kier alpha value is -3.33. The summed E-state index contributed by atoms with van der Waals surface area (Å²) in [5.41, 5.74) is -0.147. The third kappa shape index (κ3) is 3.65. The van der Waals surface area contributed by atoms with E-state index in [-0.39, 0.29) is 38.6 Å². The predicted octanol–water partition coefficient (Wildman–Crippen LogP) is 5.10. The molecule has 5 nitrogen and oxygen atoms in total. The molecule has 0 radical (unpaired) electrons. The first-order chi connectivity index (χ1) is 14.8. The number of phenols is 1. The average Bonchev–Trinajstić information content (AvgIpc) is 3.15. The summed E-state index contributed by atoms with van der Waals surface area (Å²) in [5.74, 6) is -3.08. The number of hydrogen-bond donors (Lipinski definition) is 4. The first kappa shape index (κ1) is 20.9. The van der Waals surface area contributed by atoms with Gasteiger partial charge in [-0.3, -0.25) is 4.79 Å². The summed E-state index contributed by atoms with van der Waals surface area (Å²) in [6.45, 7) is 1.42. The number of amides is 1. The van der Waals surface area contributed by atoms with Crippen molar-refractivity contribution in [1.29, 1.82) is 0 Å². The van der Waals surface area contributed by atoms with E-state index in [0.29, 0.717) is 5.39 Å². The lowest BCUT2D eigenvalue weighted by Gasteiger charge is -2.13. The summed E-state index contributed by atoms with van der Waals surface area (Å²) in [6, 6.07) is 12.8. The highest BCUT2D eigenvalue weighted by Crippen LogP contribution is 2.41. The average molecular weight is 441 g/mol. The van der Waals surface area contributed by atoms with E-state index in [1.165, 1.54) is 30.5 Å². The van der Waals surface area contributed by atoms with Gasteiger partial charge < -0.3 is 20.6 Å². The zero-order chi connectivity index (χ0) is 22.3. The molecule has 0 aliphatic carbocycles. The van der Waals surface area contributed by atoms with Crippen LogP contribution >= 0.6 is 11.3 Å². The molecule has 0 bridgehead atoms. The van der Waals surface area contributed by atoms with Gasteiger partial charge in [0.05, 0.1) is 11.1 Å². The number of phenolic OH excluding ortho intramolecular Hbond substituents is 1. The maximum absolute atomic E-state index is 14.5. The Labute approximate surface area is 179 Å². The smallest absolute Gasteiger partial charge is 0.260 e. The molecule has 0 spiro atoms. The fraction of sp³-hybridized carbons (Fsp3) is 0.0870. The third-order valence-corrected chi connectivity index (χ3v) is 5.93. The molecule has 8 heteroatoms. The Morgan fingerprint density at radius 2 is 1.74 bits per heavy atom. The molecule has 0 aliphatic heterocycles. The van der Waals surface area contributed by atoms with Gasteiger partial charge in [-0.05, 0) is 29.3 Å². The van der Waals surface area contributed by atoms with Gasteiger partial charge in [-0.15, -0.1) is 11.3 Å². The van der Waals surface area contributed by atoms with Crippen LogP contribution in [0.5, 0.6) is 5.75 Å². The number of halogens is 2. The van der Waals surface area contributed by atoms with E-state index in [2.05, 4.69) is 5.32 Å². The molecule has 0 saturated heterocycles. The molecule has 4 N–H and O–H groups in total. The van der Waals surface area contributed by atoms with E-state index in [0.717, 1.165) is 16.7 Å². The number of carbonyl (C=O) groups is 1. The first-order valence-electron chi connectivity index (χ1n) is 9.24. The number of anilines is 1. The van der Waals surface area contributed by atoms with Crippen LogP contribution < -0.4 is 5.32 Å². The van der Waals surface area contributed by atoms with Crippen LogP contribution in [-0.2, 0) is 0 Å². The fourth-order valence-electron chi connectivity index (χ4n) is 3.45. The number of thiophene rings is 1. The number of hydrogen-bond acceptors (Lipinski definition) is 5. The number of carbonyl (C=O) groups excluding carboxylic acids is 1. The lowest BCUT2D eigenvalue weighted by Crippen LogP contribution is -2.14. The van der Waals surface area contributed by atoms with Crippen LogP contribution in [0.1, 0.15) is 27.8 Å². The van der Waals surface area contributed by atoms with Crippen LogP contribution in [0.3, 0.4) is 0 Å². The molecule has 4 rings (SSSR count). The van der Waals surface area contributed by atoms with E-state index in [1.807, 2.05) is 0 Å². The molecule has 0 fully saturated rings. The molecule has 1 aromatic heterocycles. The summed E-state index contributed by atoms with van der Waals surface area (Å²) in [6.07, 6.45) is -2.05. The van der Waals surface area contributed by atoms with Gasteiger partial charge in [0.1, 0.15) is 10.8 Å². The van der Waals surface area contributed by atoms with Gasteiger partial charge in [0.15, 0.2) is 17.9 Å². The summed E-state index contributed by atoms with van der Waals surface area (Å²) >= 11 is 0.930. The zero-order valence-electron chi connectivity index (χ0n) is 16.2. The number of benzene rings is 3. The van der Waals surface area contributed by atoms with E-state index in [1.54, 1.807) is 30.3 Å². The Bertz CT molecular complexity index is 1320. The van der Waals surface area contributed by atoms with Crippen molar-refractivity contribution < 1.29 is 28.9 Å². The van der Waals surface area contributed by atoms with Crippen molar-refractivity contribution >= 4 is 33.0 Å². The molecule has 0 atom stereocenters. The number of aliphatic hydroxyl groups is 2. The van der Waals surface area contributed by atoms with Gasteiger partial charge >= 0.3 is 0 Å². The molecule has 0 aliphatic rings. The van der Waals surface area contributed by atoms with Crippen LogP contribution in [0, 0.1) is 18.6 Å². The van der Waals surface area contributed by atoms with Crippen molar-refractivity contribution in [2.75, 3.05) is 5.32 Å². The van der Waals surface area contributed by atoms with Gasteiger partial charge in [0.25, 0.3) is 5.91 Å². The van der Waals surface area contributed by atoms with Gasteiger partial charge in [-0.2, -0.15) is 0 Å². The minimum absolute atomic E-state index is 0.0130. The second kappa shape index (κ2) is 8.07. The molecular formula is C23H17F2NO4S. The molecule has 1 amide bonds. The molecule has 1 heterocycles. The molecule has 0 saturated carbocycles. The van der Waals surface area contributed by atoms with Crippen LogP contribution in [0.25, 0.3) is 21.9 Å².